The Balaban J connectivity index is 2.18. The van der Waals surface area contributed by atoms with Crippen molar-refractivity contribution in [3.8, 4) is 0 Å². The van der Waals surface area contributed by atoms with Gasteiger partial charge in [0.25, 0.3) is 0 Å². The summed E-state index contributed by atoms with van der Waals surface area (Å²) in [4.78, 5) is 11.7. The smallest absolute Gasteiger partial charge is 0.223 e. The molecule has 1 aliphatic heterocycles. The fourth-order valence-electron chi connectivity index (χ4n) is 2.54. The van der Waals surface area contributed by atoms with Crippen molar-refractivity contribution in [2.24, 2.45) is 5.92 Å². The van der Waals surface area contributed by atoms with Crippen molar-refractivity contribution >= 4 is 5.91 Å². The number of amides is 1. The molecule has 1 fully saturated rings. The van der Waals surface area contributed by atoms with Crippen molar-refractivity contribution in [1.29, 1.82) is 0 Å². The van der Waals surface area contributed by atoms with Gasteiger partial charge in [0.1, 0.15) is 0 Å². The molecule has 3 unspecified atom stereocenters. The number of carbonyl (C=O) groups excluding carboxylic acids is 1. The van der Waals surface area contributed by atoms with Crippen LogP contribution in [0.2, 0.25) is 0 Å². The molecule has 86 valence electrons. The number of rotatable bonds is 2. The van der Waals surface area contributed by atoms with Gasteiger partial charge >= 0.3 is 0 Å². The van der Waals surface area contributed by atoms with Gasteiger partial charge < -0.3 is 5.32 Å². The van der Waals surface area contributed by atoms with Crippen molar-refractivity contribution < 1.29 is 4.79 Å². The number of piperidine rings is 1. The van der Waals surface area contributed by atoms with Gasteiger partial charge in [-0.15, -0.1) is 0 Å². The highest BCUT2D eigenvalue weighted by atomic mass is 16.2. The molecule has 2 rings (SSSR count). The number of hydrogen-bond donors (Lipinski definition) is 1. The van der Waals surface area contributed by atoms with E-state index >= 15 is 0 Å². The molecule has 1 aromatic rings. The zero-order valence-corrected chi connectivity index (χ0v) is 9.94. The van der Waals surface area contributed by atoms with Gasteiger partial charge in [0, 0.05) is 17.9 Å². The van der Waals surface area contributed by atoms with Gasteiger partial charge in [-0.05, 0) is 25.3 Å². The molecule has 2 heteroatoms. The summed E-state index contributed by atoms with van der Waals surface area (Å²) in [6.45, 7) is 4.18. The first-order valence-electron chi connectivity index (χ1n) is 6.07. The molecule has 1 amide bonds. The van der Waals surface area contributed by atoms with E-state index in [4.69, 9.17) is 0 Å². The van der Waals surface area contributed by atoms with Crippen molar-refractivity contribution in [2.45, 2.75) is 38.6 Å². The first-order chi connectivity index (χ1) is 7.72. The maximum absolute atomic E-state index is 11.7. The van der Waals surface area contributed by atoms with Crippen LogP contribution >= 0.6 is 0 Å². The van der Waals surface area contributed by atoms with Crippen molar-refractivity contribution in [1.82, 2.24) is 5.32 Å². The van der Waals surface area contributed by atoms with Gasteiger partial charge in [-0.3, -0.25) is 4.79 Å². The molecule has 0 radical (unpaired) electrons. The minimum absolute atomic E-state index is 0.182. The van der Waals surface area contributed by atoms with E-state index in [0.717, 1.165) is 12.8 Å². The molecule has 1 heterocycles. The minimum Gasteiger partial charge on any atom is -0.353 e. The lowest BCUT2D eigenvalue weighted by Crippen LogP contribution is -2.46. The largest absolute Gasteiger partial charge is 0.353 e. The second-order valence-corrected chi connectivity index (χ2v) is 4.66. The first-order valence-corrected chi connectivity index (χ1v) is 6.07. The van der Waals surface area contributed by atoms with Crippen LogP contribution in [-0.4, -0.2) is 11.9 Å². The minimum atomic E-state index is 0.182. The standard InChI is InChI=1S/C14H19NO/c1-3-11-9-13(10(2)15-14(11)16)12-7-5-4-6-8-12/h4-8,10-11,13H,3,9H2,1-2H3,(H,15,16). The Bertz CT molecular complexity index is 360. The molecule has 0 aliphatic carbocycles. The fraction of sp³-hybridized carbons (Fsp3) is 0.500. The maximum Gasteiger partial charge on any atom is 0.223 e. The van der Waals surface area contributed by atoms with Crippen molar-refractivity contribution in [3.63, 3.8) is 0 Å². The molecule has 0 saturated carbocycles. The molecule has 0 bridgehead atoms. The van der Waals surface area contributed by atoms with Gasteiger partial charge in [0.2, 0.25) is 5.91 Å². The first kappa shape index (κ1) is 11.2. The highest BCUT2D eigenvalue weighted by Crippen LogP contribution is 2.32. The summed E-state index contributed by atoms with van der Waals surface area (Å²) >= 11 is 0. The van der Waals surface area contributed by atoms with Gasteiger partial charge in [-0.1, -0.05) is 37.3 Å². The summed E-state index contributed by atoms with van der Waals surface area (Å²) in [6.07, 6.45) is 1.91. The van der Waals surface area contributed by atoms with Crippen LogP contribution < -0.4 is 5.32 Å². The molecule has 0 spiro atoms. The SMILES string of the molecule is CCC1CC(c2ccccc2)C(C)NC1=O. The summed E-state index contributed by atoms with van der Waals surface area (Å²) in [5, 5.41) is 3.09. The normalized spacial score (nSPS) is 29.9. The van der Waals surface area contributed by atoms with E-state index in [9.17, 15) is 4.79 Å². The number of benzene rings is 1. The fourth-order valence-corrected chi connectivity index (χ4v) is 2.54. The van der Waals surface area contributed by atoms with Crippen molar-refractivity contribution in [2.75, 3.05) is 0 Å². The van der Waals surface area contributed by atoms with Crippen LogP contribution in [0.15, 0.2) is 30.3 Å². The molecule has 1 saturated heterocycles. The summed E-state index contributed by atoms with van der Waals surface area (Å²) in [5.74, 6) is 0.868. The van der Waals surface area contributed by atoms with Crippen LogP contribution in [0.1, 0.15) is 38.2 Å². The molecule has 1 aromatic carbocycles. The Labute approximate surface area is 97.1 Å². The number of hydrogen-bond acceptors (Lipinski definition) is 1. The molecule has 1 aliphatic rings. The second-order valence-electron chi connectivity index (χ2n) is 4.66. The van der Waals surface area contributed by atoms with Gasteiger partial charge in [0.05, 0.1) is 0 Å². The topological polar surface area (TPSA) is 29.1 Å². The molecule has 2 nitrogen and oxygen atoms in total. The van der Waals surface area contributed by atoms with Gasteiger partial charge in [-0.2, -0.15) is 0 Å². The zero-order valence-electron chi connectivity index (χ0n) is 9.94. The average Bonchev–Trinajstić information content (AvgIpc) is 2.30. The summed E-state index contributed by atoms with van der Waals surface area (Å²) in [7, 11) is 0. The zero-order chi connectivity index (χ0) is 11.5. The van der Waals surface area contributed by atoms with Crippen LogP contribution in [0.4, 0.5) is 0 Å². The van der Waals surface area contributed by atoms with Gasteiger partial charge in [0.15, 0.2) is 0 Å². The number of nitrogens with one attached hydrogen (secondary N) is 1. The van der Waals surface area contributed by atoms with E-state index < -0.39 is 0 Å². The summed E-state index contributed by atoms with van der Waals surface area (Å²) in [5.41, 5.74) is 1.34. The quantitative estimate of drug-likeness (QED) is 0.810. The predicted molar refractivity (Wildman–Crippen MR) is 65.2 cm³/mol. The molecular formula is C14H19NO. The van der Waals surface area contributed by atoms with Gasteiger partial charge in [-0.25, -0.2) is 0 Å². The Kier molecular flexibility index (Phi) is 3.28. The van der Waals surface area contributed by atoms with Crippen molar-refractivity contribution in [3.05, 3.63) is 35.9 Å². The van der Waals surface area contributed by atoms with E-state index in [1.165, 1.54) is 5.56 Å². The van der Waals surface area contributed by atoms with E-state index in [2.05, 4.69) is 43.4 Å². The summed E-state index contributed by atoms with van der Waals surface area (Å²) < 4.78 is 0. The van der Waals surface area contributed by atoms with Crippen LogP contribution in [0.3, 0.4) is 0 Å². The van der Waals surface area contributed by atoms with E-state index in [1.54, 1.807) is 0 Å². The molecule has 16 heavy (non-hydrogen) atoms. The Morgan fingerprint density at radius 1 is 1.31 bits per heavy atom. The lowest BCUT2D eigenvalue weighted by Gasteiger charge is -2.34. The lowest BCUT2D eigenvalue weighted by molar-refractivity contribution is -0.128. The maximum atomic E-state index is 11.7. The van der Waals surface area contributed by atoms with E-state index in [-0.39, 0.29) is 17.9 Å². The Hall–Kier alpha value is -1.31. The van der Waals surface area contributed by atoms with Crippen LogP contribution in [0, 0.1) is 5.92 Å². The number of carbonyl (C=O) groups is 1. The lowest BCUT2D eigenvalue weighted by atomic mass is 9.79. The molecular weight excluding hydrogens is 198 g/mol. The molecule has 3 atom stereocenters. The summed E-state index contributed by atoms with van der Waals surface area (Å²) in [6, 6.07) is 10.7. The third-order valence-corrected chi connectivity index (χ3v) is 3.60. The van der Waals surface area contributed by atoms with Crippen LogP contribution in [0.5, 0.6) is 0 Å². The monoisotopic (exact) mass is 217 g/mol. The second kappa shape index (κ2) is 4.69. The van der Waals surface area contributed by atoms with Crippen LogP contribution in [-0.2, 0) is 4.79 Å². The third kappa shape index (κ3) is 2.11. The van der Waals surface area contributed by atoms with Crippen LogP contribution in [0.25, 0.3) is 0 Å². The van der Waals surface area contributed by atoms with E-state index in [0.29, 0.717) is 5.92 Å². The average molecular weight is 217 g/mol. The van der Waals surface area contributed by atoms with E-state index in [1.807, 2.05) is 6.07 Å². The molecule has 1 N–H and O–H groups in total. The Morgan fingerprint density at radius 2 is 2.00 bits per heavy atom. The molecule has 0 aromatic heterocycles. The third-order valence-electron chi connectivity index (χ3n) is 3.60. The highest BCUT2D eigenvalue weighted by Gasteiger charge is 2.32. The highest BCUT2D eigenvalue weighted by molar-refractivity contribution is 5.80. The Morgan fingerprint density at radius 3 is 2.62 bits per heavy atom. The predicted octanol–water partition coefficient (Wildman–Crippen LogP) is 2.70.